The summed E-state index contributed by atoms with van der Waals surface area (Å²) >= 11 is 0. The maximum Gasteiger partial charge on any atom is 0.191 e. The standard InChI is InChI=1S/C22H28N6O2/c1-17-4-5-19(20(12-17)30-11-10-29-3)15-27-22(23-2)26-14-18-6-7-25-21(13-18)28-9-8-24-16-28/h4-9,12-13,16H,10-11,14-15H2,1-3H3,(H2,23,26,27). The van der Waals surface area contributed by atoms with Crippen molar-refractivity contribution in [2.75, 3.05) is 27.4 Å². The molecule has 0 saturated carbocycles. The summed E-state index contributed by atoms with van der Waals surface area (Å²) in [6.45, 7) is 4.33. The van der Waals surface area contributed by atoms with Crippen LogP contribution in [0.15, 0.2) is 60.2 Å². The van der Waals surface area contributed by atoms with Crippen LogP contribution >= 0.6 is 0 Å². The number of benzene rings is 1. The average molecular weight is 409 g/mol. The zero-order valence-electron chi connectivity index (χ0n) is 17.6. The molecule has 2 N–H and O–H groups in total. The predicted molar refractivity (Wildman–Crippen MR) is 117 cm³/mol. The smallest absolute Gasteiger partial charge is 0.191 e. The van der Waals surface area contributed by atoms with E-state index in [1.54, 1.807) is 32.9 Å². The van der Waals surface area contributed by atoms with E-state index in [4.69, 9.17) is 9.47 Å². The number of nitrogens with one attached hydrogen (secondary N) is 2. The monoisotopic (exact) mass is 408 g/mol. The summed E-state index contributed by atoms with van der Waals surface area (Å²) in [5, 5.41) is 6.68. The van der Waals surface area contributed by atoms with Crippen molar-refractivity contribution < 1.29 is 9.47 Å². The number of hydrogen-bond donors (Lipinski definition) is 2. The van der Waals surface area contributed by atoms with E-state index in [9.17, 15) is 0 Å². The summed E-state index contributed by atoms with van der Waals surface area (Å²) in [5.74, 6) is 2.39. The van der Waals surface area contributed by atoms with Gasteiger partial charge in [0.2, 0.25) is 0 Å². The minimum absolute atomic E-state index is 0.515. The molecule has 158 valence electrons. The van der Waals surface area contributed by atoms with Gasteiger partial charge in [-0.3, -0.25) is 9.56 Å². The number of hydrogen-bond acceptors (Lipinski definition) is 5. The molecule has 0 radical (unpaired) electrons. The molecule has 0 aliphatic carbocycles. The van der Waals surface area contributed by atoms with E-state index < -0.39 is 0 Å². The summed E-state index contributed by atoms with van der Waals surface area (Å²) in [4.78, 5) is 12.8. The van der Waals surface area contributed by atoms with Crippen molar-refractivity contribution in [3.63, 3.8) is 0 Å². The van der Waals surface area contributed by atoms with Gasteiger partial charge in [0.25, 0.3) is 0 Å². The molecule has 0 aliphatic rings. The van der Waals surface area contributed by atoms with Crippen LogP contribution in [-0.4, -0.2) is 47.9 Å². The van der Waals surface area contributed by atoms with E-state index in [0.29, 0.717) is 32.3 Å². The van der Waals surface area contributed by atoms with Crippen molar-refractivity contribution in [3.05, 3.63) is 71.9 Å². The highest BCUT2D eigenvalue weighted by atomic mass is 16.5. The minimum Gasteiger partial charge on any atom is -0.491 e. The zero-order valence-corrected chi connectivity index (χ0v) is 17.6. The molecule has 30 heavy (non-hydrogen) atoms. The Morgan fingerprint density at radius 1 is 1.10 bits per heavy atom. The number of pyridine rings is 1. The third kappa shape index (κ3) is 6.05. The highest BCUT2D eigenvalue weighted by molar-refractivity contribution is 5.79. The molecule has 0 saturated heterocycles. The van der Waals surface area contributed by atoms with Gasteiger partial charge in [-0.05, 0) is 36.2 Å². The van der Waals surface area contributed by atoms with Crippen molar-refractivity contribution in [2.45, 2.75) is 20.0 Å². The summed E-state index contributed by atoms with van der Waals surface area (Å²) < 4.78 is 12.8. The number of ether oxygens (including phenoxy) is 2. The number of aliphatic imine (C=N–C) groups is 1. The molecule has 0 amide bonds. The third-order valence-corrected chi connectivity index (χ3v) is 4.48. The van der Waals surface area contributed by atoms with E-state index in [-0.39, 0.29) is 0 Å². The van der Waals surface area contributed by atoms with Crippen molar-refractivity contribution >= 4 is 5.96 Å². The summed E-state index contributed by atoms with van der Waals surface area (Å²) in [6, 6.07) is 10.2. The Morgan fingerprint density at radius 3 is 2.73 bits per heavy atom. The Morgan fingerprint density at radius 2 is 1.97 bits per heavy atom. The van der Waals surface area contributed by atoms with Crippen molar-refractivity contribution in [1.29, 1.82) is 0 Å². The van der Waals surface area contributed by atoms with Crippen molar-refractivity contribution in [1.82, 2.24) is 25.2 Å². The lowest BCUT2D eigenvalue weighted by molar-refractivity contribution is 0.145. The molecule has 2 heterocycles. The molecular weight excluding hydrogens is 380 g/mol. The highest BCUT2D eigenvalue weighted by Crippen LogP contribution is 2.20. The van der Waals surface area contributed by atoms with Gasteiger partial charge < -0.3 is 20.1 Å². The fraction of sp³-hybridized carbons (Fsp3) is 0.318. The molecule has 0 unspecified atom stereocenters. The van der Waals surface area contributed by atoms with Gasteiger partial charge in [0, 0.05) is 51.4 Å². The Balaban J connectivity index is 1.57. The average Bonchev–Trinajstić information content (AvgIpc) is 3.30. The van der Waals surface area contributed by atoms with Gasteiger partial charge >= 0.3 is 0 Å². The topological polar surface area (TPSA) is 85.6 Å². The molecule has 0 spiro atoms. The maximum atomic E-state index is 5.86. The van der Waals surface area contributed by atoms with Crippen LogP contribution in [0.4, 0.5) is 0 Å². The Bertz CT molecular complexity index is 956. The molecule has 1 aromatic carbocycles. The summed E-state index contributed by atoms with van der Waals surface area (Å²) in [6.07, 6.45) is 7.12. The molecule has 0 bridgehead atoms. The lowest BCUT2D eigenvalue weighted by Gasteiger charge is -2.15. The first-order valence-corrected chi connectivity index (χ1v) is 9.78. The van der Waals surface area contributed by atoms with Crippen LogP contribution in [0.1, 0.15) is 16.7 Å². The first-order chi connectivity index (χ1) is 14.7. The Hall–Kier alpha value is -3.39. The fourth-order valence-electron chi connectivity index (χ4n) is 2.87. The van der Waals surface area contributed by atoms with Gasteiger partial charge in [-0.25, -0.2) is 9.97 Å². The molecule has 3 rings (SSSR count). The number of aromatic nitrogens is 3. The largest absolute Gasteiger partial charge is 0.491 e. The first kappa shape index (κ1) is 21.3. The second kappa shape index (κ2) is 11.0. The molecule has 0 atom stereocenters. The van der Waals surface area contributed by atoms with Crippen molar-refractivity contribution in [2.24, 2.45) is 4.99 Å². The van der Waals surface area contributed by atoms with Crippen LogP contribution in [0, 0.1) is 6.92 Å². The molecule has 2 aromatic heterocycles. The number of methoxy groups -OCH3 is 1. The number of imidazole rings is 1. The molecule has 0 aliphatic heterocycles. The normalized spacial score (nSPS) is 11.4. The van der Waals surface area contributed by atoms with Crippen LogP contribution in [0.2, 0.25) is 0 Å². The Labute approximate surface area is 177 Å². The second-order valence-corrected chi connectivity index (χ2v) is 6.72. The quantitative estimate of drug-likeness (QED) is 0.321. The summed E-state index contributed by atoms with van der Waals surface area (Å²) in [5.41, 5.74) is 3.31. The zero-order chi connectivity index (χ0) is 21.2. The molecular formula is C22H28N6O2. The van der Waals surface area contributed by atoms with E-state index in [2.05, 4.69) is 37.7 Å². The first-order valence-electron chi connectivity index (χ1n) is 9.78. The fourth-order valence-corrected chi connectivity index (χ4v) is 2.87. The molecule has 0 fully saturated rings. The lowest BCUT2D eigenvalue weighted by Crippen LogP contribution is -2.36. The van der Waals surface area contributed by atoms with Gasteiger partial charge in [0.1, 0.15) is 24.5 Å². The number of rotatable bonds is 9. The summed E-state index contributed by atoms with van der Waals surface area (Å²) in [7, 11) is 3.42. The van der Waals surface area contributed by atoms with E-state index in [1.165, 1.54) is 0 Å². The van der Waals surface area contributed by atoms with Crippen LogP contribution in [0.25, 0.3) is 5.82 Å². The number of nitrogens with zero attached hydrogens (tertiary/aromatic N) is 4. The molecule has 3 aromatic rings. The third-order valence-electron chi connectivity index (χ3n) is 4.48. The lowest BCUT2D eigenvalue weighted by atomic mass is 10.1. The number of guanidine groups is 1. The van der Waals surface area contributed by atoms with Crippen LogP contribution < -0.4 is 15.4 Å². The van der Waals surface area contributed by atoms with Gasteiger partial charge in [0.15, 0.2) is 5.96 Å². The predicted octanol–water partition coefficient (Wildman–Crippen LogP) is 2.47. The van der Waals surface area contributed by atoms with Crippen molar-refractivity contribution in [3.8, 4) is 11.6 Å². The SMILES string of the molecule is CN=C(NCc1ccnc(-n2ccnc2)c1)NCc1ccc(C)cc1OCCOC. The minimum atomic E-state index is 0.515. The van der Waals surface area contributed by atoms with Gasteiger partial charge in [0.05, 0.1) is 6.61 Å². The van der Waals surface area contributed by atoms with Gasteiger partial charge in [-0.15, -0.1) is 0 Å². The molecule has 8 nitrogen and oxygen atoms in total. The number of aryl methyl sites for hydroxylation is 1. The van der Waals surface area contributed by atoms with E-state index in [0.717, 1.165) is 28.3 Å². The van der Waals surface area contributed by atoms with Crippen LogP contribution in [0.5, 0.6) is 5.75 Å². The highest BCUT2D eigenvalue weighted by Gasteiger charge is 2.07. The van der Waals surface area contributed by atoms with Gasteiger partial charge in [-0.2, -0.15) is 0 Å². The Kier molecular flexibility index (Phi) is 7.79. The maximum absolute atomic E-state index is 5.86. The van der Waals surface area contributed by atoms with Crippen LogP contribution in [-0.2, 0) is 17.8 Å². The second-order valence-electron chi connectivity index (χ2n) is 6.72. The molecule has 8 heteroatoms. The van der Waals surface area contributed by atoms with Gasteiger partial charge in [-0.1, -0.05) is 12.1 Å². The van der Waals surface area contributed by atoms with E-state index >= 15 is 0 Å². The van der Waals surface area contributed by atoms with E-state index in [1.807, 2.05) is 35.9 Å². The van der Waals surface area contributed by atoms with Crippen LogP contribution in [0.3, 0.4) is 0 Å².